The lowest BCUT2D eigenvalue weighted by atomic mass is 10.1. The van der Waals surface area contributed by atoms with E-state index in [1.165, 1.54) is 0 Å². The van der Waals surface area contributed by atoms with Gasteiger partial charge in [0.25, 0.3) is 0 Å². The Kier molecular flexibility index (Phi) is 7.30. The van der Waals surface area contributed by atoms with Gasteiger partial charge in [-0.1, -0.05) is 18.2 Å². The first kappa shape index (κ1) is 24.6. The molecule has 9 nitrogen and oxygen atoms in total. The van der Waals surface area contributed by atoms with Gasteiger partial charge in [-0.05, 0) is 62.7 Å². The molecule has 0 aliphatic carbocycles. The van der Waals surface area contributed by atoms with E-state index >= 15 is 0 Å². The summed E-state index contributed by atoms with van der Waals surface area (Å²) >= 11 is 0. The molecule has 1 aliphatic heterocycles. The second-order valence-corrected chi connectivity index (χ2v) is 11.4. The molecule has 0 radical (unpaired) electrons. The summed E-state index contributed by atoms with van der Waals surface area (Å²) < 4.78 is 24.6. The highest BCUT2D eigenvalue weighted by Crippen LogP contribution is 2.19. The van der Waals surface area contributed by atoms with E-state index in [1.807, 2.05) is 42.2 Å². The highest BCUT2D eigenvalue weighted by Gasteiger charge is 2.23. The first-order valence-corrected chi connectivity index (χ1v) is 13.2. The van der Waals surface area contributed by atoms with Gasteiger partial charge in [0, 0.05) is 31.9 Å². The summed E-state index contributed by atoms with van der Waals surface area (Å²) in [5.74, 6) is 2.13. The Morgan fingerprint density at radius 3 is 2.26 bits per heavy atom. The number of aryl methyl sites for hydroxylation is 1. The van der Waals surface area contributed by atoms with E-state index in [9.17, 15) is 13.2 Å². The fraction of sp³-hybridized carbons (Fsp3) is 0.360. The number of nitrogens with one attached hydrogen (secondary N) is 1. The van der Waals surface area contributed by atoms with E-state index in [-0.39, 0.29) is 17.2 Å². The topological polar surface area (TPSA) is 108 Å². The summed E-state index contributed by atoms with van der Waals surface area (Å²) in [6.45, 7) is 7.76. The number of sulfone groups is 1. The van der Waals surface area contributed by atoms with Crippen LogP contribution in [0.3, 0.4) is 0 Å². The predicted octanol–water partition coefficient (Wildman–Crippen LogP) is 3.00. The van der Waals surface area contributed by atoms with Crippen LogP contribution in [0, 0.1) is 6.92 Å². The smallest absolute Gasteiger partial charge is 0.227 e. The van der Waals surface area contributed by atoms with E-state index in [0.717, 1.165) is 22.9 Å². The van der Waals surface area contributed by atoms with Gasteiger partial charge >= 0.3 is 0 Å². The fourth-order valence-corrected chi connectivity index (χ4v) is 4.90. The number of carbonyl (C=O) groups is 1. The van der Waals surface area contributed by atoms with E-state index < -0.39 is 15.1 Å². The standard InChI is InChI=1S/C25H30N6O3S/c1-18(2)35(33,34)21-9-7-20(8-10-21)17-25(32)31-15-13-30(14-16-31)24-12-11-23(28-29-24)27-22-6-4-5-19(3)26-22/h4-12,18H,13-17H2,1-3H3,(H,26,27,28). The van der Waals surface area contributed by atoms with Crippen LogP contribution in [-0.2, 0) is 21.1 Å². The molecule has 0 bridgehead atoms. The van der Waals surface area contributed by atoms with Crippen LogP contribution < -0.4 is 10.2 Å². The van der Waals surface area contributed by atoms with Gasteiger partial charge in [-0.2, -0.15) is 0 Å². The maximum absolute atomic E-state index is 12.8. The molecule has 0 saturated carbocycles. The lowest BCUT2D eigenvalue weighted by Gasteiger charge is -2.35. The molecule has 3 aromatic rings. The number of anilines is 3. The van der Waals surface area contributed by atoms with Crippen LogP contribution in [0.2, 0.25) is 0 Å². The van der Waals surface area contributed by atoms with Crippen molar-refractivity contribution in [2.75, 3.05) is 36.4 Å². The molecule has 2 aromatic heterocycles. The van der Waals surface area contributed by atoms with Crippen LogP contribution >= 0.6 is 0 Å². The van der Waals surface area contributed by atoms with Crippen molar-refractivity contribution in [1.29, 1.82) is 0 Å². The summed E-state index contributed by atoms with van der Waals surface area (Å²) in [6, 6.07) is 16.1. The van der Waals surface area contributed by atoms with Crippen molar-refractivity contribution in [2.45, 2.75) is 37.3 Å². The second-order valence-electron chi connectivity index (χ2n) is 8.85. The Labute approximate surface area is 206 Å². The minimum atomic E-state index is -3.31. The third-order valence-corrected chi connectivity index (χ3v) is 8.15. The molecule has 3 heterocycles. The Balaban J connectivity index is 1.29. The third kappa shape index (κ3) is 5.94. The summed E-state index contributed by atoms with van der Waals surface area (Å²) in [4.78, 5) is 21.4. The maximum Gasteiger partial charge on any atom is 0.227 e. The molecule has 1 amide bonds. The van der Waals surface area contributed by atoms with Gasteiger partial charge in [0.15, 0.2) is 21.5 Å². The summed E-state index contributed by atoms with van der Waals surface area (Å²) in [7, 11) is -3.31. The van der Waals surface area contributed by atoms with Crippen molar-refractivity contribution >= 4 is 33.2 Å². The van der Waals surface area contributed by atoms with E-state index in [2.05, 4.69) is 25.4 Å². The predicted molar refractivity (Wildman–Crippen MR) is 136 cm³/mol. The molecular weight excluding hydrogens is 464 g/mol. The van der Waals surface area contributed by atoms with Crippen molar-refractivity contribution in [1.82, 2.24) is 20.1 Å². The SMILES string of the molecule is Cc1cccc(Nc2ccc(N3CCN(C(=O)Cc4ccc(S(=O)(=O)C(C)C)cc4)CC3)nn2)n1. The zero-order valence-electron chi connectivity index (χ0n) is 20.2. The average Bonchev–Trinajstić information content (AvgIpc) is 2.85. The molecular formula is C25H30N6O3S. The van der Waals surface area contributed by atoms with Gasteiger partial charge in [0.1, 0.15) is 5.82 Å². The number of pyridine rings is 1. The minimum Gasteiger partial charge on any atom is -0.352 e. The van der Waals surface area contributed by atoms with Crippen LogP contribution in [-0.4, -0.2) is 65.8 Å². The molecule has 10 heteroatoms. The van der Waals surface area contributed by atoms with Gasteiger partial charge in [0.05, 0.1) is 16.6 Å². The van der Waals surface area contributed by atoms with Crippen molar-refractivity contribution in [3.63, 3.8) is 0 Å². The van der Waals surface area contributed by atoms with Crippen LogP contribution in [0.4, 0.5) is 17.5 Å². The number of benzene rings is 1. The van der Waals surface area contributed by atoms with Gasteiger partial charge in [-0.3, -0.25) is 4.79 Å². The second kappa shape index (κ2) is 10.4. The van der Waals surface area contributed by atoms with Crippen molar-refractivity contribution in [3.05, 3.63) is 65.9 Å². The van der Waals surface area contributed by atoms with Crippen molar-refractivity contribution < 1.29 is 13.2 Å². The van der Waals surface area contributed by atoms with E-state index in [4.69, 9.17) is 0 Å². The minimum absolute atomic E-state index is 0.0282. The number of carbonyl (C=O) groups excluding carboxylic acids is 1. The third-order valence-electron chi connectivity index (χ3n) is 5.98. The number of piperazine rings is 1. The lowest BCUT2D eigenvalue weighted by molar-refractivity contribution is -0.130. The van der Waals surface area contributed by atoms with Gasteiger partial charge in [0.2, 0.25) is 5.91 Å². The Morgan fingerprint density at radius 2 is 1.66 bits per heavy atom. The lowest BCUT2D eigenvalue weighted by Crippen LogP contribution is -2.49. The summed E-state index contributed by atoms with van der Waals surface area (Å²) in [6.07, 6.45) is 0.245. The molecule has 0 spiro atoms. The number of nitrogens with zero attached hydrogens (tertiary/aromatic N) is 5. The molecule has 0 unspecified atom stereocenters. The average molecular weight is 495 g/mol. The number of rotatable bonds is 7. The summed E-state index contributed by atoms with van der Waals surface area (Å²) in [5, 5.41) is 11.3. The number of hydrogen-bond acceptors (Lipinski definition) is 8. The molecule has 1 aliphatic rings. The molecule has 0 atom stereocenters. The number of hydrogen-bond donors (Lipinski definition) is 1. The van der Waals surface area contributed by atoms with Crippen LogP contribution in [0.15, 0.2) is 59.5 Å². The number of aromatic nitrogens is 3. The molecule has 1 aromatic carbocycles. The largest absolute Gasteiger partial charge is 0.352 e. The zero-order chi connectivity index (χ0) is 25.0. The van der Waals surface area contributed by atoms with Crippen molar-refractivity contribution in [3.8, 4) is 0 Å². The van der Waals surface area contributed by atoms with Gasteiger partial charge in [-0.15, -0.1) is 10.2 Å². The Bertz CT molecular complexity index is 1270. The van der Waals surface area contributed by atoms with Gasteiger partial charge < -0.3 is 15.1 Å². The molecule has 1 fully saturated rings. The Hall–Kier alpha value is -3.53. The first-order chi connectivity index (χ1) is 16.7. The zero-order valence-corrected chi connectivity index (χ0v) is 21.0. The quantitative estimate of drug-likeness (QED) is 0.534. The molecule has 35 heavy (non-hydrogen) atoms. The Morgan fingerprint density at radius 1 is 0.943 bits per heavy atom. The molecule has 184 valence electrons. The van der Waals surface area contributed by atoms with Crippen molar-refractivity contribution in [2.24, 2.45) is 0 Å². The normalized spacial score (nSPS) is 14.3. The van der Waals surface area contributed by atoms with Gasteiger partial charge in [-0.25, -0.2) is 13.4 Å². The molecule has 1 N–H and O–H groups in total. The summed E-state index contributed by atoms with van der Waals surface area (Å²) in [5.41, 5.74) is 1.72. The highest BCUT2D eigenvalue weighted by molar-refractivity contribution is 7.92. The van der Waals surface area contributed by atoms with Crippen LogP contribution in [0.1, 0.15) is 25.1 Å². The molecule has 1 saturated heterocycles. The fourth-order valence-electron chi connectivity index (χ4n) is 3.84. The molecule has 4 rings (SSSR count). The number of amides is 1. The first-order valence-electron chi connectivity index (χ1n) is 11.6. The maximum atomic E-state index is 12.8. The monoisotopic (exact) mass is 494 g/mol. The highest BCUT2D eigenvalue weighted by atomic mass is 32.2. The van der Waals surface area contributed by atoms with Crippen LogP contribution in [0.25, 0.3) is 0 Å². The van der Waals surface area contributed by atoms with E-state index in [1.54, 1.807) is 38.1 Å². The van der Waals surface area contributed by atoms with E-state index in [0.29, 0.717) is 32.0 Å². The van der Waals surface area contributed by atoms with Crippen LogP contribution in [0.5, 0.6) is 0 Å².